The van der Waals surface area contributed by atoms with Gasteiger partial charge in [0, 0.05) is 6.04 Å². The van der Waals surface area contributed by atoms with E-state index in [4.69, 9.17) is 16.1 Å². The molecule has 0 aliphatic carbocycles. The lowest BCUT2D eigenvalue weighted by Crippen LogP contribution is -2.36. The zero-order valence-electron chi connectivity index (χ0n) is 11.9. The minimum absolute atomic E-state index is 0.166. The van der Waals surface area contributed by atoms with Crippen LogP contribution in [0.5, 0.6) is 0 Å². The molecule has 1 aliphatic rings. The van der Waals surface area contributed by atoms with Crippen LogP contribution in [0.25, 0.3) is 0 Å². The molecule has 1 atom stereocenters. The predicted molar refractivity (Wildman–Crippen MR) is 80.8 cm³/mol. The molecule has 106 valence electrons. The second kappa shape index (κ2) is 6.48. The molecule has 0 amide bonds. The fraction of sp³-hybridized carbons (Fsp3) is 0.714. The molecule has 5 heteroatoms. The largest absolute Gasteiger partial charge is 0.383 e. The number of aromatic nitrogens is 1. The third-order valence-corrected chi connectivity index (χ3v) is 4.87. The van der Waals surface area contributed by atoms with Gasteiger partial charge >= 0.3 is 0 Å². The quantitative estimate of drug-likeness (QED) is 0.644. The highest BCUT2D eigenvalue weighted by atomic mass is 32.1. The normalized spacial score (nSPS) is 20.6. The zero-order chi connectivity index (χ0) is 13.8. The van der Waals surface area contributed by atoms with E-state index in [2.05, 4.69) is 18.7 Å². The van der Waals surface area contributed by atoms with E-state index in [0.29, 0.717) is 6.04 Å². The Hall–Kier alpha value is -0.940. The highest BCUT2D eigenvalue weighted by molar-refractivity contribution is 7.13. The predicted octanol–water partition coefficient (Wildman–Crippen LogP) is 2.75. The molecular formula is C14H24N4S. The van der Waals surface area contributed by atoms with E-state index in [1.54, 1.807) is 11.3 Å². The van der Waals surface area contributed by atoms with Crippen molar-refractivity contribution in [2.24, 2.45) is 5.73 Å². The number of piperidine rings is 1. The van der Waals surface area contributed by atoms with Gasteiger partial charge in [-0.3, -0.25) is 10.3 Å². The van der Waals surface area contributed by atoms with Crippen LogP contribution < -0.4 is 5.73 Å². The summed E-state index contributed by atoms with van der Waals surface area (Å²) in [5.41, 5.74) is 6.67. The van der Waals surface area contributed by atoms with Gasteiger partial charge in [-0.1, -0.05) is 19.8 Å². The van der Waals surface area contributed by atoms with Gasteiger partial charge in [0.25, 0.3) is 0 Å². The Labute approximate surface area is 119 Å². The number of hydrogen-bond donors (Lipinski definition) is 2. The van der Waals surface area contributed by atoms with Gasteiger partial charge in [-0.25, -0.2) is 4.98 Å². The third-order valence-electron chi connectivity index (χ3n) is 3.75. The van der Waals surface area contributed by atoms with Crippen molar-refractivity contribution in [3.8, 4) is 0 Å². The maximum absolute atomic E-state index is 7.66. The van der Waals surface area contributed by atoms with E-state index in [-0.39, 0.29) is 5.84 Å². The average molecular weight is 280 g/mol. The van der Waals surface area contributed by atoms with Gasteiger partial charge in [-0.2, -0.15) is 0 Å². The van der Waals surface area contributed by atoms with Crippen molar-refractivity contribution in [1.82, 2.24) is 9.88 Å². The standard InChI is InChI=1S/C14H24N4S/c1-3-6-11-13(14(15)16)19-12(17-11)9-18-8-5-4-7-10(18)2/h10H,3-9H2,1-2H3,(H3,15,16). The molecule has 0 saturated carbocycles. The Balaban J connectivity index is 2.11. The van der Waals surface area contributed by atoms with E-state index in [1.165, 1.54) is 25.8 Å². The van der Waals surface area contributed by atoms with Crippen LogP contribution in [0.2, 0.25) is 0 Å². The number of hydrogen-bond acceptors (Lipinski definition) is 4. The molecule has 19 heavy (non-hydrogen) atoms. The molecule has 1 saturated heterocycles. The maximum Gasteiger partial charge on any atom is 0.135 e. The number of aryl methyl sites for hydroxylation is 1. The summed E-state index contributed by atoms with van der Waals surface area (Å²) in [5.74, 6) is 0.166. The summed E-state index contributed by atoms with van der Waals surface area (Å²) in [7, 11) is 0. The number of nitrogens with zero attached hydrogens (tertiary/aromatic N) is 2. The summed E-state index contributed by atoms with van der Waals surface area (Å²) in [6.45, 7) is 6.51. The Morgan fingerprint density at radius 1 is 1.53 bits per heavy atom. The summed E-state index contributed by atoms with van der Waals surface area (Å²) >= 11 is 1.60. The lowest BCUT2D eigenvalue weighted by atomic mass is 10.0. The van der Waals surface area contributed by atoms with Gasteiger partial charge in [-0.05, 0) is 32.7 Å². The van der Waals surface area contributed by atoms with Gasteiger partial charge in [-0.15, -0.1) is 11.3 Å². The second-order valence-electron chi connectivity index (χ2n) is 5.36. The van der Waals surface area contributed by atoms with Crippen molar-refractivity contribution in [2.75, 3.05) is 6.54 Å². The summed E-state index contributed by atoms with van der Waals surface area (Å²) in [6, 6.07) is 0.646. The topological polar surface area (TPSA) is 66.0 Å². The van der Waals surface area contributed by atoms with E-state index in [0.717, 1.165) is 35.0 Å². The highest BCUT2D eigenvalue weighted by Crippen LogP contribution is 2.24. The average Bonchev–Trinajstić information content (AvgIpc) is 2.76. The number of rotatable bonds is 5. The molecular weight excluding hydrogens is 256 g/mol. The molecule has 0 spiro atoms. The molecule has 0 bridgehead atoms. The summed E-state index contributed by atoms with van der Waals surface area (Å²) < 4.78 is 0. The molecule has 1 aromatic heterocycles. The Morgan fingerprint density at radius 2 is 2.32 bits per heavy atom. The zero-order valence-corrected chi connectivity index (χ0v) is 12.7. The molecule has 1 aliphatic heterocycles. The molecule has 2 heterocycles. The Morgan fingerprint density at radius 3 is 2.95 bits per heavy atom. The van der Waals surface area contributed by atoms with Crippen LogP contribution in [-0.4, -0.2) is 28.3 Å². The smallest absolute Gasteiger partial charge is 0.135 e. The Bertz CT molecular complexity index is 441. The van der Waals surface area contributed by atoms with Crippen LogP contribution in [0.15, 0.2) is 0 Å². The summed E-state index contributed by atoms with van der Waals surface area (Å²) in [6.07, 6.45) is 5.88. The number of thiazole rings is 1. The first-order valence-electron chi connectivity index (χ1n) is 7.18. The fourth-order valence-electron chi connectivity index (χ4n) is 2.65. The van der Waals surface area contributed by atoms with E-state index in [1.807, 2.05) is 0 Å². The first-order valence-corrected chi connectivity index (χ1v) is 8.00. The van der Waals surface area contributed by atoms with Gasteiger partial charge in [0.1, 0.15) is 10.8 Å². The SMILES string of the molecule is CCCc1nc(CN2CCCCC2C)sc1C(=N)N. The van der Waals surface area contributed by atoms with Crippen molar-refractivity contribution in [3.63, 3.8) is 0 Å². The molecule has 0 radical (unpaired) electrons. The Kier molecular flexibility index (Phi) is 4.93. The first-order chi connectivity index (χ1) is 9.11. The summed E-state index contributed by atoms with van der Waals surface area (Å²) in [4.78, 5) is 8.08. The number of nitrogens with two attached hydrogens (primary N) is 1. The van der Waals surface area contributed by atoms with Gasteiger partial charge in [0.2, 0.25) is 0 Å². The summed E-state index contributed by atoms with van der Waals surface area (Å²) in [5, 5.41) is 8.78. The van der Waals surface area contributed by atoms with E-state index < -0.39 is 0 Å². The molecule has 0 aromatic carbocycles. The van der Waals surface area contributed by atoms with Crippen LogP contribution >= 0.6 is 11.3 Å². The fourth-order valence-corrected chi connectivity index (χ4v) is 3.65. The van der Waals surface area contributed by atoms with Crippen molar-refractivity contribution >= 4 is 17.2 Å². The number of likely N-dealkylation sites (tertiary alicyclic amines) is 1. The molecule has 1 unspecified atom stereocenters. The maximum atomic E-state index is 7.66. The van der Waals surface area contributed by atoms with Crippen LogP contribution in [0.4, 0.5) is 0 Å². The van der Waals surface area contributed by atoms with Crippen molar-refractivity contribution < 1.29 is 0 Å². The highest BCUT2D eigenvalue weighted by Gasteiger charge is 2.21. The first kappa shape index (κ1) is 14.5. The molecule has 3 N–H and O–H groups in total. The lowest BCUT2D eigenvalue weighted by molar-refractivity contribution is 0.152. The lowest BCUT2D eigenvalue weighted by Gasteiger charge is -2.32. The van der Waals surface area contributed by atoms with Crippen molar-refractivity contribution in [3.05, 3.63) is 15.6 Å². The minimum atomic E-state index is 0.166. The van der Waals surface area contributed by atoms with Crippen LogP contribution in [-0.2, 0) is 13.0 Å². The van der Waals surface area contributed by atoms with Crippen LogP contribution in [0, 0.1) is 5.41 Å². The van der Waals surface area contributed by atoms with E-state index >= 15 is 0 Å². The van der Waals surface area contributed by atoms with Crippen LogP contribution in [0.1, 0.15) is 55.1 Å². The number of nitrogen functional groups attached to an aromatic ring is 1. The number of amidine groups is 1. The van der Waals surface area contributed by atoms with Crippen LogP contribution in [0.3, 0.4) is 0 Å². The number of nitrogens with one attached hydrogen (secondary N) is 1. The third kappa shape index (κ3) is 3.54. The van der Waals surface area contributed by atoms with Crippen molar-refractivity contribution in [1.29, 1.82) is 5.41 Å². The van der Waals surface area contributed by atoms with E-state index in [9.17, 15) is 0 Å². The van der Waals surface area contributed by atoms with Gasteiger partial charge < -0.3 is 5.73 Å². The van der Waals surface area contributed by atoms with Gasteiger partial charge in [0.15, 0.2) is 0 Å². The molecule has 1 fully saturated rings. The molecule has 2 rings (SSSR count). The van der Waals surface area contributed by atoms with Gasteiger partial charge in [0.05, 0.1) is 17.1 Å². The molecule has 1 aromatic rings. The minimum Gasteiger partial charge on any atom is -0.383 e. The monoisotopic (exact) mass is 280 g/mol. The second-order valence-corrected chi connectivity index (χ2v) is 6.45. The molecule has 4 nitrogen and oxygen atoms in total. The van der Waals surface area contributed by atoms with Crippen molar-refractivity contribution in [2.45, 2.75) is 58.5 Å².